The van der Waals surface area contributed by atoms with Gasteiger partial charge >= 0.3 is 5.97 Å². The number of nitrogens with zero attached hydrogens (tertiary/aromatic N) is 3. The van der Waals surface area contributed by atoms with Gasteiger partial charge in [0.05, 0.1) is 11.4 Å². The van der Waals surface area contributed by atoms with E-state index in [-0.39, 0.29) is 5.91 Å². The molecule has 0 N–H and O–H groups in total. The van der Waals surface area contributed by atoms with Gasteiger partial charge in [0.15, 0.2) is 6.10 Å². The van der Waals surface area contributed by atoms with Crippen LogP contribution >= 0.6 is 22.9 Å². The molecule has 146 valence electrons. The zero-order valence-electron chi connectivity index (χ0n) is 15.6. The maximum atomic E-state index is 12.6. The van der Waals surface area contributed by atoms with E-state index in [1.165, 1.54) is 11.3 Å². The highest BCUT2D eigenvalue weighted by Gasteiger charge is 2.27. The summed E-state index contributed by atoms with van der Waals surface area (Å²) in [6, 6.07) is 9.14. The van der Waals surface area contributed by atoms with Crippen LogP contribution in [-0.4, -0.2) is 45.8 Å². The number of carbonyl (C=O) groups excluding carboxylic acids is 2. The number of aromatic nitrogens is 2. The molecule has 1 aliphatic rings. The number of benzene rings is 1. The first kappa shape index (κ1) is 19.0. The lowest BCUT2D eigenvalue weighted by Gasteiger charge is -2.20. The van der Waals surface area contributed by atoms with Crippen LogP contribution in [0, 0.1) is 6.92 Å². The number of hydrogen-bond donors (Lipinski definition) is 0. The third-order valence-corrected chi connectivity index (χ3v) is 6.21. The summed E-state index contributed by atoms with van der Waals surface area (Å²) in [7, 11) is 0. The zero-order chi connectivity index (χ0) is 19.8. The molecule has 6 nitrogen and oxygen atoms in total. The van der Waals surface area contributed by atoms with Gasteiger partial charge in [-0.25, -0.2) is 9.48 Å². The summed E-state index contributed by atoms with van der Waals surface area (Å²) in [4.78, 5) is 28.1. The zero-order valence-corrected chi connectivity index (χ0v) is 17.2. The van der Waals surface area contributed by atoms with Gasteiger partial charge in [0.2, 0.25) is 0 Å². The first-order valence-electron chi connectivity index (χ1n) is 9.19. The summed E-state index contributed by atoms with van der Waals surface area (Å²) in [5.41, 5.74) is 1.68. The fourth-order valence-electron chi connectivity index (χ4n) is 3.37. The van der Waals surface area contributed by atoms with E-state index in [4.69, 9.17) is 16.3 Å². The van der Waals surface area contributed by atoms with Gasteiger partial charge in [-0.05, 0) is 57.0 Å². The Bertz CT molecular complexity index is 1040. The summed E-state index contributed by atoms with van der Waals surface area (Å²) in [6.07, 6.45) is 1.22. The van der Waals surface area contributed by atoms with Crippen LogP contribution in [-0.2, 0) is 9.53 Å². The summed E-state index contributed by atoms with van der Waals surface area (Å²) < 4.78 is 7.24. The lowest BCUT2D eigenvalue weighted by Crippen LogP contribution is -2.38. The second-order valence-electron chi connectivity index (χ2n) is 6.88. The largest absolute Gasteiger partial charge is 0.448 e. The van der Waals surface area contributed by atoms with Crippen molar-refractivity contribution in [3.63, 3.8) is 0 Å². The van der Waals surface area contributed by atoms with Crippen molar-refractivity contribution in [3.05, 3.63) is 45.9 Å². The van der Waals surface area contributed by atoms with E-state index in [2.05, 4.69) is 5.10 Å². The van der Waals surface area contributed by atoms with Crippen molar-refractivity contribution in [1.82, 2.24) is 14.7 Å². The van der Waals surface area contributed by atoms with Crippen molar-refractivity contribution in [2.75, 3.05) is 13.1 Å². The molecule has 1 atom stereocenters. The molecule has 0 spiro atoms. The van der Waals surface area contributed by atoms with Gasteiger partial charge in [-0.2, -0.15) is 5.10 Å². The maximum Gasteiger partial charge on any atom is 0.349 e. The number of fused-ring (bicyclic) bond motifs is 1. The molecule has 3 aromatic rings. The lowest BCUT2D eigenvalue weighted by molar-refractivity contribution is -0.138. The molecule has 1 saturated heterocycles. The third-order valence-electron chi connectivity index (χ3n) is 4.87. The molecule has 1 aromatic carbocycles. The Hall–Kier alpha value is -2.38. The molecule has 28 heavy (non-hydrogen) atoms. The van der Waals surface area contributed by atoms with Gasteiger partial charge in [0.25, 0.3) is 5.91 Å². The van der Waals surface area contributed by atoms with Gasteiger partial charge in [-0.15, -0.1) is 11.3 Å². The Morgan fingerprint density at radius 3 is 2.57 bits per heavy atom. The molecule has 0 bridgehead atoms. The number of halogens is 1. The van der Waals surface area contributed by atoms with Crippen LogP contribution in [0.15, 0.2) is 30.3 Å². The molecule has 4 rings (SSSR count). The molecule has 1 amide bonds. The molecular weight excluding hydrogens is 398 g/mol. The van der Waals surface area contributed by atoms with Crippen LogP contribution in [0.25, 0.3) is 15.9 Å². The highest BCUT2D eigenvalue weighted by Crippen LogP contribution is 2.31. The summed E-state index contributed by atoms with van der Waals surface area (Å²) in [6.45, 7) is 5.00. The van der Waals surface area contributed by atoms with Crippen molar-refractivity contribution < 1.29 is 14.3 Å². The minimum atomic E-state index is -0.787. The smallest absolute Gasteiger partial charge is 0.349 e. The minimum Gasteiger partial charge on any atom is -0.448 e. The normalized spacial score (nSPS) is 15.2. The van der Waals surface area contributed by atoms with Crippen molar-refractivity contribution >= 4 is 45.0 Å². The van der Waals surface area contributed by atoms with E-state index in [1.54, 1.807) is 34.7 Å². The number of likely N-dealkylation sites (tertiary alicyclic amines) is 1. The number of ether oxygens (including phenoxy) is 1. The first-order valence-corrected chi connectivity index (χ1v) is 10.4. The molecule has 0 saturated carbocycles. The predicted octanol–water partition coefficient (Wildman–Crippen LogP) is 4.22. The maximum absolute atomic E-state index is 12.6. The van der Waals surface area contributed by atoms with Gasteiger partial charge in [0.1, 0.15) is 9.71 Å². The number of carbonyl (C=O) groups is 2. The average molecular weight is 418 g/mol. The molecule has 1 aliphatic heterocycles. The molecule has 0 radical (unpaired) electrons. The molecule has 1 unspecified atom stereocenters. The molecule has 0 aliphatic carbocycles. The second-order valence-corrected chi connectivity index (χ2v) is 8.35. The van der Waals surface area contributed by atoms with E-state index in [0.29, 0.717) is 9.90 Å². The van der Waals surface area contributed by atoms with Crippen LogP contribution in [0.4, 0.5) is 0 Å². The van der Waals surface area contributed by atoms with Crippen molar-refractivity contribution in [2.45, 2.75) is 32.8 Å². The Morgan fingerprint density at radius 1 is 1.21 bits per heavy atom. The SMILES string of the molecule is Cc1nn(-c2ccc(Cl)cc2)c2sc(C(=O)OC(C)C(=O)N3CCCC3)cc12. The van der Waals surface area contributed by atoms with Crippen molar-refractivity contribution in [2.24, 2.45) is 0 Å². The fourth-order valence-corrected chi connectivity index (χ4v) is 4.56. The monoisotopic (exact) mass is 417 g/mol. The Morgan fingerprint density at radius 2 is 1.89 bits per heavy atom. The predicted molar refractivity (Wildman–Crippen MR) is 109 cm³/mol. The molecule has 1 fully saturated rings. The first-order chi connectivity index (χ1) is 13.4. The van der Waals surface area contributed by atoms with Gasteiger partial charge in [-0.1, -0.05) is 11.6 Å². The van der Waals surface area contributed by atoms with E-state index in [1.807, 2.05) is 19.1 Å². The van der Waals surface area contributed by atoms with Gasteiger partial charge in [-0.3, -0.25) is 4.79 Å². The van der Waals surface area contributed by atoms with Crippen molar-refractivity contribution in [1.29, 1.82) is 0 Å². The number of hydrogen-bond acceptors (Lipinski definition) is 5. The molecule has 2 aromatic heterocycles. The van der Waals surface area contributed by atoms with Crippen LogP contribution in [0.5, 0.6) is 0 Å². The van der Waals surface area contributed by atoms with E-state index in [9.17, 15) is 9.59 Å². The summed E-state index contributed by atoms with van der Waals surface area (Å²) >= 11 is 7.28. The number of aryl methyl sites for hydroxylation is 1. The number of thiophene rings is 1. The van der Waals surface area contributed by atoms with Crippen LogP contribution in [0.2, 0.25) is 5.02 Å². The molecule has 8 heteroatoms. The van der Waals surface area contributed by atoms with Crippen molar-refractivity contribution in [3.8, 4) is 5.69 Å². The van der Waals surface area contributed by atoms with E-state index in [0.717, 1.165) is 47.5 Å². The highest BCUT2D eigenvalue weighted by molar-refractivity contribution is 7.20. The van der Waals surface area contributed by atoms with Gasteiger partial charge < -0.3 is 9.64 Å². The second kappa shape index (κ2) is 7.56. The Balaban J connectivity index is 1.57. The topological polar surface area (TPSA) is 64.4 Å². The van der Waals surface area contributed by atoms with E-state index >= 15 is 0 Å². The number of esters is 1. The number of amides is 1. The summed E-state index contributed by atoms with van der Waals surface area (Å²) in [5, 5.41) is 6.11. The van der Waals surface area contributed by atoms with Crippen LogP contribution < -0.4 is 0 Å². The van der Waals surface area contributed by atoms with Gasteiger partial charge in [0, 0.05) is 23.5 Å². The third kappa shape index (κ3) is 3.52. The molecule has 3 heterocycles. The fraction of sp³-hybridized carbons (Fsp3) is 0.350. The number of rotatable bonds is 4. The average Bonchev–Trinajstić information content (AvgIpc) is 3.40. The molecular formula is C20H20ClN3O3S. The quantitative estimate of drug-likeness (QED) is 0.596. The minimum absolute atomic E-state index is 0.129. The Kier molecular flexibility index (Phi) is 5.12. The Labute approximate surface area is 171 Å². The standard InChI is InChI=1S/C20H20ClN3O3S/c1-12-16-11-17(20(26)27-13(2)18(25)23-9-3-4-10-23)28-19(16)24(22-12)15-7-5-14(21)6-8-15/h5-8,11,13H,3-4,9-10H2,1-2H3. The highest BCUT2D eigenvalue weighted by atomic mass is 35.5. The van der Waals surface area contributed by atoms with E-state index < -0.39 is 12.1 Å². The van der Waals surface area contributed by atoms with Crippen LogP contribution in [0.1, 0.15) is 35.1 Å². The lowest BCUT2D eigenvalue weighted by atomic mass is 10.3. The summed E-state index contributed by atoms with van der Waals surface area (Å²) in [5.74, 6) is -0.612. The van der Waals surface area contributed by atoms with Crippen LogP contribution in [0.3, 0.4) is 0 Å².